The van der Waals surface area contributed by atoms with Gasteiger partial charge in [-0.15, -0.1) is 0 Å². The number of nitrogens with one attached hydrogen (secondary N) is 1. The van der Waals surface area contributed by atoms with Crippen LogP contribution in [0.4, 0.5) is 16.0 Å². The van der Waals surface area contributed by atoms with Crippen LogP contribution in [0.3, 0.4) is 0 Å². The van der Waals surface area contributed by atoms with Crippen molar-refractivity contribution in [3.63, 3.8) is 0 Å². The first-order valence-electron chi connectivity index (χ1n) is 8.33. The summed E-state index contributed by atoms with van der Waals surface area (Å²) >= 11 is 12.5. The van der Waals surface area contributed by atoms with E-state index in [0.29, 0.717) is 38.0 Å². The van der Waals surface area contributed by atoms with Crippen LogP contribution in [0.2, 0.25) is 10.0 Å². The van der Waals surface area contributed by atoms with Crippen molar-refractivity contribution in [2.45, 2.75) is 13.2 Å². The van der Waals surface area contributed by atoms with Gasteiger partial charge in [-0.2, -0.15) is 4.98 Å². The molecular formula is C20H14Cl2FN3O2. The van der Waals surface area contributed by atoms with Crippen LogP contribution in [-0.2, 0) is 0 Å². The zero-order chi connectivity index (χ0) is 19.8. The van der Waals surface area contributed by atoms with Crippen LogP contribution >= 0.6 is 23.2 Å². The van der Waals surface area contributed by atoms with Gasteiger partial charge in [-0.25, -0.2) is 9.37 Å². The van der Waals surface area contributed by atoms with E-state index in [2.05, 4.69) is 15.3 Å². The number of rotatable bonds is 3. The van der Waals surface area contributed by atoms with Crippen LogP contribution in [-0.4, -0.2) is 21.4 Å². The van der Waals surface area contributed by atoms with Crippen molar-refractivity contribution in [3.8, 4) is 5.88 Å². The van der Waals surface area contributed by atoms with Gasteiger partial charge in [0, 0.05) is 33.1 Å². The minimum atomic E-state index is -1.29. The van der Waals surface area contributed by atoms with E-state index in [1.807, 2.05) is 0 Å². The number of nitrogens with zero attached hydrogens (tertiary/aromatic N) is 2. The third-order valence-electron chi connectivity index (χ3n) is 4.25. The Balaban J connectivity index is 1.67. The van der Waals surface area contributed by atoms with Crippen molar-refractivity contribution in [2.75, 3.05) is 5.32 Å². The molecule has 0 bridgehead atoms. The van der Waals surface area contributed by atoms with Crippen molar-refractivity contribution >= 4 is 46.5 Å². The first kappa shape index (κ1) is 18.7. The lowest BCUT2D eigenvalue weighted by atomic mass is 10.0. The first-order valence-corrected chi connectivity index (χ1v) is 9.09. The van der Waals surface area contributed by atoms with Crippen LogP contribution in [0.5, 0.6) is 5.88 Å². The summed E-state index contributed by atoms with van der Waals surface area (Å²) in [5.74, 6) is 0.166. The van der Waals surface area contributed by atoms with Gasteiger partial charge in [0.15, 0.2) is 0 Å². The molecule has 142 valence electrons. The third-order valence-corrected chi connectivity index (χ3v) is 4.88. The molecule has 1 unspecified atom stereocenters. The smallest absolute Gasteiger partial charge is 0.230 e. The first-order chi connectivity index (χ1) is 13.4. The van der Waals surface area contributed by atoms with E-state index >= 15 is 0 Å². The maximum absolute atomic E-state index is 13.4. The predicted octanol–water partition coefficient (Wildman–Crippen LogP) is 5.23. The van der Waals surface area contributed by atoms with Crippen molar-refractivity contribution in [2.24, 2.45) is 0 Å². The summed E-state index contributed by atoms with van der Waals surface area (Å²) < 4.78 is 19.0. The molecule has 3 aromatic rings. The van der Waals surface area contributed by atoms with Crippen molar-refractivity contribution < 1.29 is 14.2 Å². The number of fused-ring (bicyclic) bond motifs is 1. The molecule has 0 saturated carbocycles. The Morgan fingerprint density at radius 3 is 2.64 bits per heavy atom. The number of aryl methyl sites for hydroxylation is 1. The van der Waals surface area contributed by atoms with E-state index in [1.165, 1.54) is 6.07 Å². The molecule has 1 atom stereocenters. The summed E-state index contributed by atoms with van der Waals surface area (Å²) in [4.78, 5) is 8.52. The van der Waals surface area contributed by atoms with Crippen LogP contribution in [0.15, 0.2) is 42.6 Å². The second-order valence-electron chi connectivity index (χ2n) is 6.21. The van der Waals surface area contributed by atoms with Gasteiger partial charge in [-0.1, -0.05) is 29.3 Å². The molecule has 2 heterocycles. The van der Waals surface area contributed by atoms with Gasteiger partial charge in [0.05, 0.1) is 5.56 Å². The number of halogens is 3. The molecule has 8 heteroatoms. The summed E-state index contributed by atoms with van der Waals surface area (Å²) in [5.41, 5.74) is 2.61. The fourth-order valence-corrected chi connectivity index (χ4v) is 3.47. The maximum atomic E-state index is 13.4. The molecule has 28 heavy (non-hydrogen) atoms. The molecule has 0 fully saturated rings. The van der Waals surface area contributed by atoms with Crippen molar-refractivity contribution in [1.29, 1.82) is 0 Å². The van der Waals surface area contributed by atoms with Gasteiger partial charge < -0.3 is 15.2 Å². The largest absolute Gasteiger partial charge is 0.443 e. The second-order valence-corrected chi connectivity index (χ2v) is 7.02. The molecule has 2 N–H and O–H groups in total. The Kier molecular flexibility index (Phi) is 4.93. The average Bonchev–Trinajstić information content (AvgIpc) is 2.65. The van der Waals surface area contributed by atoms with Gasteiger partial charge in [0.2, 0.25) is 18.1 Å². The molecule has 0 radical (unpaired) electrons. The van der Waals surface area contributed by atoms with Gasteiger partial charge in [-0.3, -0.25) is 0 Å². The number of aliphatic hydroxyl groups excluding tert-OH is 1. The number of ether oxygens (including phenoxy) is 1. The molecule has 0 aliphatic carbocycles. The molecular weight excluding hydrogens is 404 g/mol. The minimum Gasteiger partial charge on any atom is -0.443 e. The summed E-state index contributed by atoms with van der Waals surface area (Å²) in [6, 6.07) is 9.67. The fraction of sp³-hybridized carbons (Fsp3) is 0.100. The Morgan fingerprint density at radius 1 is 1.18 bits per heavy atom. The molecule has 1 aliphatic rings. The highest BCUT2D eigenvalue weighted by atomic mass is 35.5. The standard InChI is InChI=1S/C20H14Cl2FN3O2/c1-10-7-12(5-6-16(10)23)25-20-24-9-11-8-13(19(27)28-18(11)26-20)17-14(21)3-2-4-15(17)22/h2-9,19,27H,1H3,(H,24,25,26). The van der Waals surface area contributed by atoms with E-state index in [1.54, 1.807) is 49.5 Å². The number of aliphatic hydroxyl groups is 1. The third kappa shape index (κ3) is 3.54. The van der Waals surface area contributed by atoms with Crippen LogP contribution in [0.25, 0.3) is 11.6 Å². The van der Waals surface area contributed by atoms with E-state index < -0.39 is 6.29 Å². The van der Waals surface area contributed by atoms with Gasteiger partial charge >= 0.3 is 0 Å². The van der Waals surface area contributed by atoms with Crippen LogP contribution in [0, 0.1) is 12.7 Å². The molecule has 0 saturated heterocycles. The topological polar surface area (TPSA) is 67.3 Å². The lowest BCUT2D eigenvalue weighted by Crippen LogP contribution is -2.22. The Labute approximate surface area is 170 Å². The van der Waals surface area contributed by atoms with Gasteiger partial charge in [0.25, 0.3) is 0 Å². The highest BCUT2D eigenvalue weighted by molar-refractivity contribution is 6.38. The zero-order valence-electron chi connectivity index (χ0n) is 14.6. The minimum absolute atomic E-state index is 0.204. The molecule has 1 aliphatic heterocycles. The monoisotopic (exact) mass is 417 g/mol. The second kappa shape index (κ2) is 7.39. The zero-order valence-corrected chi connectivity index (χ0v) is 16.1. The van der Waals surface area contributed by atoms with E-state index in [4.69, 9.17) is 27.9 Å². The molecule has 4 rings (SSSR count). The quantitative estimate of drug-likeness (QED) is 0.610. The van der Waals surface area contributed by atoms with E-state index in [9.17, 15) is 9.50 Å². The number of hydrogen-bond donors (Lipinski definition) is 2. The number of aromatic nitrogens is 2. The number of benzene rings is 2. The summed E-state index contributed by atoms with van der Waals surface area (Å²) in [6.07, 6.45) is 1.95. The number of hydrogen-bond acceptors (Lipinski definition) is 5. The summed E-state index contributed by atoms with van der Waals surface area (Å²) in [5, 5.41) is 14.2. The molecule has 5 nitrogen and oxygen atoms in total. The predicted molar refractivity (Wildman–Crippen MR) is 107 cm³/mol. The maximum Gasteiger partial charge on any atom is 0.230 e. The molecule has 0 spiro atoms. The van der Waals surface area contributed by atoms with Gasteiger partial charge in [-0.05, 0) is 48.9 Å². The van der Waals surface area contributed by atoms with E-state index in [0.717, 1.165) is 0 Å². The van der Waals surface area contributed by atoms with E-state index in [-0.39, 0.29) is 17.6 Å². The van der Waals surface area contributed by atoms with Crippen molar-refractivity contribution in [1.82, 2.24) is 9.97 Å². The van der Waals surface area contributed by atoms with Crippen molar-refractivity contribution in [3.05, 3.63) is 75.1 Å². The summed E-state index contributed by atoms with van der Waals surface area (Å²) in [6.45, 7) is 1.67. The Hall–Kier alpha value is -2.67. The molecule has 2 aromatic carbocycles. The molecule has 1 aromatic heterocycles. The normalized spacial score (nSPS) is 15.5. The average molecular weight is 418 g/mol. The highest BCUT2D eigenvalue weighted by Crippen LogP contribution is 2.38. The van der Waals surface area contributed by atoms with Gasteiger partial charge in [0.1, 0.15) is 5.82 Å². The lowest BCUT2D eigenvalue weighted by Gasteiger charge is -2.24. The highest BCUT2D eigenvalue weighted by Gasteiger charge is 2.26. The SMILES string of the molecule is Cc1cc(Nc2ncc3c(n2)OC(O)C(c2c(Cl)cccc2Cl)=C3)ccc1F. The van der Waals surface area contributed by atoms with Crippen LogP contribution in [0.1, 0.15) is 16.7 Å². The lowest BCUT2D eigenvalue weighted by molar-refractivity contribution is 0.0282. The fourth-order valence-electron chi connectivity index (χ4n) is 2.86. The number of anilines is 2. The Bertz CT molecular complexity index is 1080. The Morgan fingerprint density at radius 2 is 1.93 bits per heavy atom. The molecule has 0 amide bonds. The van der Waals surface area contributed by atoms with Crippen LogP contribution < -0.4 is 10.1 Å². The summed E-state index contributed by atoms with van der Waals surface area (Å²) in [7, 11) is 0.